The Morgan fingerprint density at radius 3 is 2.25 bits per heavy atom. The van der Waals surface area contributed by atoms with E-state index in [2.05, 4.69) is 4.74 Å². The van der Waals surface area contributed by atoms with Crippen molar-refractivity contribution in [3.8, 4) is 5.75 Å². The van der Waals surface area contributed by atoms with Gasteiger partial charge in [0.25, 0.3) is 11.5 Å². The number of carbonyl (C=O) groups excluding carboxylic acids is 2. The first kappa shape index (κ1) is 18.3. The Morgan fingerprint density at radius 1 is 1.04 bits per heavy atom. The molecule has 1 aromatic heterocycles. The summed E-state index contributed by atoms with van der Waals surface area (Å²) in [5, 5.41) is 0. The highest BCUT2D eigenvalue weighted by Crippen LogP contribution is 2.35. The highest BCUT2D eigenvalue weighted by molar-refractivity contribution is 5.96. The van der Waals surface area contributed by atoms with Crippen molar-refractivity contribution < 1.29 is 19.1 Å². The maximum atomic E-state index is 12.5. The van der Waals surface area contributed by atoms with Crippen LogP contribution in [-0.4, -0.2) is 47.6 Å². The summed E-state index contributed by atoms with van der Waals surface area (Å²) in [4.78, 5) is 37.9. The number of amides is 1. The van der Waals surface area contributed by atoms with Gasteiger partial charge in [0.05, 0.1) is 25.8 Å². The molecule has 2 aliphatic rings. The van der Waals surface area contributed by atoms with Crippen molar-refractivity contribution in [3.05, 3.63) is 63.6 Å². The zero-order chi connectivity index (χ0) is 19.8. The number of esters is 1. The second-order valence-corrected chi connectivity index (χ2v) is 7.29. The molecule has 0 unspecified atom stereocenters. The van der Waals surface area contributed by atoms with Crippen molar-refractivity contribution in [2.45, 2.75) is 31.9 Å². The number of hydrogen-bond acceptors (Lipinski definition) is 5. The van der Waals surface area contributed by atoms with Gasteiger partial charge in [0.2, 0.25) is 0 Å². The van der Waals surface area contributed by atoms with E-state index >= 15 is 0 Å². The number of aryl methyl sites for hydroxylation is 1. The second kappa shape index (κ2) is 7.14. The zero-order valence-corrected chi connectivity index (χ0v) is 15.9. The lowest BCUT2D eigenvalue weighted by Gasteiger charge is -2.39. The van der Waals surface area contributed by atoms with Gasteiger partial charge in [0.15, 0.2) is 0 Å². The number of rotatable bonds is 5. The van der Waals surface area contributed by atoms with Gasteiger partial charge in [-0.15, -0.1) is 0 Å². The molecule has 1 aromatic carbocycles. The van der Waals surface area contributed by atoms with E-state index in [4.69, 9.17) is 4.74 Å². The molecule has 1 saturated heterocycles. The Hall–Kier alpha value is -3.09. The van der Waals surface area contributed by atoms with E-state index in [0.29, 0.717) is 36.0 Å². The molecule has 146 valence electrons. The Morgan fingerprint density at radius 2 is 1.68 bits per heavy atom. The lowest BCUT2D eigenvalue weighted by molar-refractivity contribution is 0.0176. The molecule has 2 heterocycles. The van der Waals surface area contributed by atoms with E-state index in [-0.39, 0.29) is 17.6 Å². The third-order valence-electron chi connectivity index (χ3n) is 5.14. The summed E-state index contributed by atoms with van der Waals surface area (Å²) >= 11 is 0. The van der Waals surface area contributed by atoms with Crippen molar-refractivity contribution in [1.29, 1.82) is 0 Å². The highest BCUT2D eigenvalue weighted by atomic mass is 16.5. The van der Waals surface area contributed by atoms with Crippen molar-refractivity contribution >= 4 is 11.9 Å². The molecule has 0 atom stereocenters. The SMILES string of the molecule is COC(=O)c1ccc(C(=O)N2CC(Oc3cc(C)n(C4CC4)c(=O)c3)C2)cc1. The van der Waals surface area contributed by atoms with Gasteiger partial charge in [-0.1, -0.05) is 0 Å². The Labute approximate surface area is 162 Å². The largest absolute Gasteiger partial charge is 0.486 e. The van der Waals surface area contributed by atoms with Gasteiger partial charge in [-0.05, 0) is 50.1 Å². The molecule has 7 heteroatoms. The van der Waals surface area contributed by atoms with Gasteiger partial charge < -0.3 is 18.9 Å². The van der Waals surface area contributed by atoms with Crippen LogP contribution in [0.5, 0.6) is 5.75 Å². The van der Waals surface area contributed by atoms with Crippen LogP contribution in [0.15, 0.2) is 41.2 Å². The molecule has 1 amide bonds. The number of carbonyl (C=O) groups is 2. The van der Waals surface area contributed by atoms with Crippen LogP contribution in [0.1, 0.15) is 45.3 Å². The first-order valence-electron chi connectivity index (χ1n) is 9.34. The summed E-state index contributed by atoms with van der Waals surface area (Å²) in [6.07, 6.45) is 1.98. The predicted molar refractivity (Wildman–Crippen MR) is 102 cm³/mol. The normalized spacial score (nSPS) is 16.4. The fourth-order valence-electron chi connectivity index (χ4n) is 3.47. The minimum absolute atomic E-state index is 0.0320. The lowest BCUT2D eigenvalue weighted by atomic mass is 10.1. The quantitative estimate of drug-likeness (QED) is 0.741. The van der Waals surface area contributed by atoms with Crippen LogP contribution in [-0.2, 0) is 4.74 Å². The van der Waals surface area contributed by atoms with Crippen molar-refractivity contribution in [1.82, 2.24) is 9.47 Å². The number of likely N-dealkylation sites (tertiary alicyclic amines) is 1. The highest BCUT2D eigenvalue weighted by Gasteiger charge is 2.33. The first-order valence-corrected chi connectivity index (χ1v) is 9.34. The summed E-state index contributed by atoms with van der Waals surface area (Å²) in [6, 6.07) is 10.1. The molecule has 1 aliphatic carbocycles. The minimum atomic E-state index is -0.435. The molecule has 4 rings (SSSR count). The monoisotopic (exact) mass is 382 g/mol. The molecule has 0 bridgehead atoms. The van der Waals surface area contributed by atoms with Gasteiger partial charge in [0.1, 0.15) is 11.9 Å². The number of nitrogens with zero attached hydrogens (tertiary/aromatic N) is 2. The third-order valence-corrected chi connectivity index (χ3v) is 5.14. The van der Waals surface area contributed by atoms with Crippen molar-refractivity contribution in [2.24, 2.45) is 0 Å². The van der Waals surface area contributed by atoms with Gasteiger partial charge >= 0.3 is 5.97 Å². The van der Waals surface area contributed by atoms with E-state index in [1.54, 1.807) is 29.2 Å². The van der Waals surface area contributed by atoms with Crippen LogP contribution < -0.4 is 10.3 Å². The molecule has 2 fully saturated rings. The van der Waals surface area contributed by atoms with E-state index < -0.39 is 5.97 Å². The molecule has 1 saturated carbocycles. The second-order valence-electron chi connectivity index (χ2n) is 7.29. The van der Waals surface area contributed by atoms with Crippen molar-refractivity contribution in [2.75, 3.05) is 20.2 Å². The molecule has 7 nitrogen and oxygen atoms in total. The Balaban J connectivity index is 1.35. The minimum Gasteiger partial charge on any atom is -0.486 e. The number of hydrogen-bond donors (Lipinski definition) is 0. The van der Waals surface area contributed by atoms with Crippen LogP contribution in [0.4, 0.5) is 0 Å². The number of ether oxygens (including phenoxy) is 2. The smallest absolute Gasteiger partial charge is 0.337 e. The molecular weight excluding hydrogens is 360 g/mol. The van der Waals surface area contributed by atoms with Crippen LogP contribution in [0.3, 0.4) is 0 Å². The maximum absolute atomic E-state index is 12.5. The van der Waals surface area contributed by atoms with Crippen LogP contribution in [0.2, 0.25) is 0 Å². The van der Waals surface area contributed by atoms with Gasteiger partial charge in [0, 0.05) is 23.4 Å². The summed E-state index contributed by atoms with van der Waals surface area (Å²) in [5.74, 6) is 0.00541. The summed E-state index contributed by atoms with van der Waals surface area (Å²) in [5.41, 5.74) is 1.78. The fraction of sp³-hybridized carbons (Fsp3) is 0.381. The topological polar surface area (TPSA) is 77.8 Å². The molecular formula is C21H22N2O5. The molecule has 0 radical (unpaired) electrons. The fourth-order valence-corrected chi connectivity index (χ4v) is 3.47. The standard InChI is InChI=1S/C21H22N2O5/c1-13-9-17(10-19(24)23(13)16-7-8-16)28-18-11-22(12-18)20(25)14-3-5-15(6-4-14)21(26)27-2/h3-6,9-10,16,18H,7-8,11-12H2,1-2H3. The first-order chi connectivity index (χ1) is 13.5. The van der Waals surface area contributed by atoms with Gasteiger partial charge in [-0.2, -0.15) is 0 Å². The van der Waals surface area contributed by atoms with E-state index in [0.717, 1.165) is 18.5 Å². The molecule has 0 spiro atoms. The molecule has 1 aliphatic heterocycles. The third kappa shape index (κ3) is 3.52. The zero-order valence-electron chi connectivity index (χ0n) is 15.9. The van der Waals surface area contributed by atoms with Gasteiger partial charge in [-0.25, -0.2) is 4.79 Å². The van der Waals surface area contributed by atoms with E-state index in [1.807, 2.05) is 17.6 Å². The average molecular weight is 382 g/mol. The molecule has 2 aromatic rings. The van der Waals surface area contributed by atoms with Gasteiger partial charge in [-0.3, -0.25) is 9.59 Å². The lowest BCUT2D eigenvalue weighted by Crippen LogP contribution is -2.56. The van der Waals surface area contributed by atoms with Crippen LogP contribution in [0, 0.1) is 6.92 Å². The maximum Gasteiger partial charge on any atom is 0.337 e. The summed E-state index contributed by atoms with van der Waals surface area (Å²) in [6.45, 7) is 2.84. The molecule has 28 heavy (non-hydrogen) atoms. The van der Waals surface area contributed by atoms with E-state index in [9.17, 15) is 14.4 Å². The summed E-state index contributed by atoms with van der Waals surface area (Å²) in [7, 11) is 1.32. The number of aromatic nitrogens is 1. The predicted octanol–water partition coefficient (Wildman–Crippen LogP) is 2.18. The van der Waals surface area contributed by atoms with Crippen LogP contribution >= 0.6 is 0 Å². The summed E-state index contributed by atoms with van der Waals surface area (Å²) < 4.78 is 12.4. The van der Waals surface area contributed by atoms with E-state index in [1.165, 1.54) is 13.2 Å². The average Bonchev–Trinajstić information content (AvgIpc) is 3.47. The van der Waals surface area contributed by atoms with Crippen molar-refractivity contribution in [3.63, 3.8) is 0 Å². The number of pyridine rings is 1. The Kier molecular flexibility index (Phi) is 4.66. The molecule has 0 N–H and O–H groups in total. The number of benzene rings is 1. The number of methoxy groups -OCH3 is 1. The van der Waals surface area contributed by atoms with Crippen LogP contribution in [0.25, 0.3) is 0 Å². The Bertz CT molecular complexity index is 969.